The average Bonchev–Trinajstić information content (AvgIpc) is 2.64. The summed E-state index contributed by atoms with van der Waals surface area (Å²) in [5.74, 6) is 0. The minimum absolute atomic E-state index is 0. The summed E-state index contributed by atoms with van der Waals surface area (Å²) >= 11 is 0. The first-order valence-electron chi connectivity index (χ1n) is 8.23. The van der Waals surface area contributed by atoms with Crippen molar-refractivity contribution in [1.82, 2.24) is 0 Å². The highest BCUT2D eigenvalue weighted by atomic mass is 14.1. The van der Waals surface area contributed by atoms with E-state index < -0.39 is 0 Å². The Morgan fingerprint density at radius 1 is 0.375 bits per heavy atom. The Morgan fingerprint density at radius 2 is 0.708 bits per heavy atom. The van der Waals surface area contributed by atoms with E-state index in [1.54, 1.807) is 0 Å². The fourth-order valence-corrected chi connectivity index (χ4v) is 2.77. The molecule has 0 fully saturated rings. The maximum Gasteiger partial charge on any atom is -0.00990 e. The summed E-state index contributed by atoms with van der Waals surface area (Å²) in [7, 11) is 0. The van der Waals surface area contributed by atoms with E-state index >= 15 is 0 Å². The number of hydrogen-bond donors (Lipinski definition) is 0. The van der Waals surface area contributed by atoms with Crippen molar-refractivity contribution in [2.45, 2.75) is 42.5 Å². The maximum atomic E-state index is 2.24. The molecule has 4 aromatic rings. The first-order valence-corrected chi connectivity index (χ1v) is 8.23. The quantitative estimate of drug-likeness (QED) is 0.285. The molecule has 0 spiro atoms. The van der Waals surface area contributed by atoms with E-state index in [-0.39, 0.29) is 14.9 Å². The van der Waals surface area contributed by atoms with Crippen LogP contribution >= 0.6 is 0 Å². The second-order valence-electron chi connectivity index (χ2n) is 4.67. The number of fused-ring (bicyclic) bond motifs is 5. The molecule has 0 atom stereocenters. The molecule has 0 aliphatic carbocycles. The molecular weight excluding hydrogens is 288 g/mol. The highest BCUT2D eigenvalue weighted by Gasteiger charge is 2.03. The van der Waals surface area contributed by atoms with Gasteiger partial charge in [0.25, 0.3) is 0 Å². The molecule has 24 heavy (non-hydrogen) atoms. The van der Waals surface area contributed by atoms with Crippen molar-refractivity contribution in [3.63, 3.8) is 0 Å². The molecule has 0 heteroatoms. The summed E-state index contributed by atoms with van der Waals surface area (Å²) in [6.45, 7) is 8.00. The lowest BCUT2D eigenvalue weighted by atomic mass is 9.97. The molecule has 0 saturated carbocycles. The monoisotopic (exact) mass is 320 g/mol. The van der Waals surface area contributed by atoms with E-state index in [0.29, 0.717) is 0 Å². The predicted molar refractivity (Wildman–Crippen MR) is 115 cm³/mol. The van der Waals surface area contributed by atoms with Gasteiger partial charge < -0.3 is 0 Å². The van der Waals surface area contributed by atoms with Gasteiger partial charge in [-0.1, -0.05) is 115 Å². The van der Waals surface area contributed by atoms with Crippen molar-refractivity contribution in [3.8, 4) is 0 Å². The topological polar surface area (TPSA) is 0 Å². The van der Waals surface area contributed by atoms with Gasteiger partial charge >= 0.3 is 0 Å². The third-order valence-corrected chi connectivity index (χ3v) is 3.65. The summed E-state index contributed by atoms with van der Waals surface area (Å²) in [5.41, 5.74) is 0. The van der Waals surface area contributed by atoms with Crippen LogP contribution in [0.5, 0.6) is 0 Å². The largest absolute Gasteiger partial charge is 0.0776 e. The molecule has 128 valence electrons. The zero-order valence-corrected chi connectivity index (χ0v) is 13.9. The fraction of sp³-hybridized carbons (Fsp3) is 0.250. The molecule has 0 amide bonds. The van der Waals surface area contributed by atoms with Crippen molar-refractivity contribution in [2.24, 2.45) is 0 Å². The van der Waals surface area contributed by atoms with Gasteiger partial charge in [-0.2, -0.15) is 0 Å². The minimum atomic E-state index is 0. The van der Waals surface area contributed by atoms with Crippen molar-refractivity contribution < 1.29 is 0 Å². The molecule has 4 aromatic carbocycles. The van der Waals surface area contributed by atoms with Crippen molar-refractivity contribution >= 4 is 32.3 Å². The molecule has 0 aliphatic rings. The van der Waals surface area contributed by atoms with Crippen LogP contribution in [0.15, 0.2) is 72.8 Å². The average molecular weight is 321 g/mol. The maximum absolute atomic E-state index is 2.24. The molecule has 0 unspecified atom stereocenters. The molecule has 0 saturated heterocycles. The summed E-state index contributed by atoms with van der Waals surface area (Å²) in [6.07, 6.45) is 0. The Balaban J connectivity index is 0.000000826. The second-order valence-corrected chi connectivity index (χ2v) is 4.67. The Morgan fingerprint density at radius 3 is 1.08 bits per heavy atom. The van der Waals surface area contributed by atoms with Crippen LogP contribution in [0, 0.1) is 0 Å². The molecule has 4 rings (SSSR count). The first-order chi connectivity index (χ1) is 10.9. The van der Waals surface area contributed by atoms with E-state index in [0.717, 1.165) is 0 Å². The van der Waals surface area contributed by atoms with Crippen LogP contribution in [0.1, 0.15) is 42.5 Å². The smallest absolute Gasteiger partial charge is 0.00990 e. The third kappa shape index (κ3) is 3.94. The predicted octanol–water partition coefficient (Wildman–Crippen LogP) is 8.47. The molecule has 0 N–H and O–H groups in total. The molecule has 0 radical (unpaired) electrons. The van der Waals surface area contributed by atoms with E-state index in [1.807, 2.05) is 27.7 Å². The molecule has 0 heterocycles. The van der Waals surface area contributed by atoms with Gasteiger partial charge in [-0.15, -0.1) is 0 Å². The van der Waals surface area contributed by atoms with Crippen LogP contribution in [-0.2, 0) is 0 Å². The first kappa shape index (κ1) is 21.7. The van der Waals surface area contributed by atoms with Gasteiger partial charge in [0, 0.05) is 0 Å². The van der Waals surface area contributed by atoms with Crippen LogP contribution in [0.25, 0.3) is 32.3 Å². The summed E-state index contributed by atoms with van der Waals surface area (Å²) in [6, 6.07) is 26.0. The molecule has 0 nitrogen and oxygen atoms in total. The van der Waals surface area contributed by atoms with Crippen LogP contribution in [0.4, 0.5) is 0 Å². The Hall–Kier alpha value is -2.34. The highest BCUT2D eigenvalue weighted by Crippen LogP contribution is 2.30. The van der Waals surface area contributed by atoms with Crippen molar-refractivity contribution in [1.29, 1.82) is 0 Å². The standard InChI is InChI=1S/C18H12.2C2H6.2CH4/c1-3-7-15-13(5-1)9-11-18-16-8-4-2-6-14(16)10-12-17(15)18;2*1-2;;/h1-12H;2*1-2H3;2*1H4. The van der Waals surface area contributed by atoms with Gasteiger partial charge in [0.1, 0.15) is 0 Å². The zero-order chi connectivity index (χ0) is 15.9. The second kappa shape index (κ2) is 10.4. The Kier molecular flexibility index (Phi) is 9.42. The van der Waals surface area contributed by atoms with Crippen molar-refractivity contribution in [3.05, 3.63) is 72.8 Å². The molecule has 0 aromatic heterocycles. The minimum Gasteiger partial charge on any atom is -0.0776 e. The Bertz CT molecular complexity index is 797. The summed E-state index contributed by atoms with van der Waals surface area (Å²) in [5, 5.41) is 7.96. The summed E-state index contributed by atoms with van der Waals surface area (Å²) in [4.78, 5) is 0. The third-order valence-electron chi connectivity index (χ3n) is 3.65. The molecule has 0 bridgehead atoms. The lowest BCUT2D eigenvalue weighted by Gasteiger charge is -2.07. The van der Waals surface area contributed by atoms with Gasteiger partial charge in [-0.3, -0.25) is 0 Å². The van der Waals surface area contributed by atoms with E-state index in [4.69, 9.17) is 0 Å². The highest BCUT2D eigenvalue weighted by molar-refractivity contribution is 6.17. The SMILES string of the molecule is C.C.CC.CC.c1ccc2c(c1)ccc1c3ccccc3ccc21. The van der Waals surface area contributed by atoms with Crippen LogP contribution in [-0.4, -0.2) is 0 Å². The van der Waals surface area contributed by atoms with Gasteiger partial charge in [0.2, 0.25) is 0 Å². The zero-order valence-electron chi connectivity index (χ0n) is 13.9. The number of hydrogen-bond acceptors (Lipinski definition) is 0. The van der Waals surface area contributed by atoms with Crippen molar-refractivity contribution in [2.75, 3.05) is 0 Å². The van der Waals surface area contributed by atoms with Gasteiger partial charge in [-0.25, -0.2) is 0 Å². The van der Waals surface area contributed by atoms with Crippen LogP contribution < -0.4 is 0 Å². The summed E-state index contributed by atoms with van der Waals surface area (Å²) < 4.78 is 0. The van der Waals surface area contributed by atoms with Crippen LogP contribution in [0.2, 0.25) is 0 Å². The molecular formula is C24H32. The van der Waals surface area contributed by atoms with Gasteiger partial charge in [-0.05, 0) is 32.3 Å². The van der Waals surface area contributed by atoms with Crippen LogP contribution in [0.3, 0.4) is 0 Å². The van der Waals surface area contributed by atoms with E-state index in [1.165, 1.54) is 32.3 Å². The normalized spacial score (nSPS) is 9.00. The number of benzene rings is 4. The van der Waals surface area contributed by atoms with E-state index in [9.17, 15) is 0 Å². The number of rotatable bonds is 0. The lowest BCUT2D eigenvalue weighted by molar-refractivity contribution is 1.50. The molecule has 0 aliphatic heterocycles. The fourth-order valence-electron chi connectivity index (χ4n) is 2.77. The van der Waals surface area contributed by atoms with Gasteiger partial charge in [0.05, 0.1) is 0 Å². The Labute approximate surface area is 148 Å². The lowest BCUT2D eigenvalue weighted by Crippen LogP contribution is -1.79. The van der Waals surface area contributed by atoms with Gasteiger partial charge in [0.15, 0.2) is 0 Å². The van der Waals surface area contributed by atoms with E-state index in [2.05, 4.69) is 72.8 Å².